The second-order valence-corrected chi connectivity index (χ2v) is 7.73. The Kier molecular flexibility index (Phi) is 2.88. The van der Waals surface area contributed by atoms with Crippen molar-refractivity contribution in [2.24, 2.45) is 16.8 Å². The maximum Gasteiger partial charge on any atom is 0.264 e. The predicted octanol–water partition coefficient (Wildman–Crippen LogP) is 1.94. The molecule has 1 saturated heterocycles. The molecule has 0 radical (unpaired) electrons. The number of amides is 1. The topological polar surface area (TPSA) is 50.7 Å². The van der Waals surface area contributed by atoms with Crippen molar-refractivity contribution in [1.82, 2.24) is 5.32 Å². The third kappa shape index (κ3) is 2.02. The van der Waals surface area contributed by atoms with Crippen LogP contribution in [0.25, 0.3) is 0 Å². The Morgan fingerprint density at radius 1 is 1.26 bits per heavy atom. The lowest BCUT2D eigenvalue weighted by Crippen LogP contribution is -2.40. The summed E-state index contributed by atoms with van der Waals surface area (Å²) in [6, 6.07) is 0.563. The number of carbonyl (C=O) groups excluding carboxylic acids is 1. The smallest absolute Gasteiger partial charge is 0.264 e. The standard InChI is InChI=1S/C14H20N2O2S/c17-12-14(3-5-18-6-4-14)19-13(16-12)15-11-8-9-1-2-10(11)7-9/h9-11H,1-8H2,(H,15,16,17). The Labute approximate surface area is 117 Å². The molecular weight excluding hydrogens is 260 g/mol. The first-order chi connectivity index (χ1) is 9.25. The zero-order valence-corrected chi connectivity index (χ0v) is 11.9. The Balaban J connectivity index is 1.43. The Bertz CT molecular complexity index is 431. The molecule has 0 aromatic heterocycles. The third-order valence-corrected chi connectivity index (χ3v) is 6.61. The van der Waals surface area contributed by atoms with Crippen molar-refractivity contribution in [3.63, 3.8) is 0 Å². The molecule has 1 amide bonds. The Morgan fingerprint density at radius 2 is 2.11 bits per heavy atom. The zero-order valence-electron chi connectivity index (χ0n) is 11.1. The highest BCUT2D eigenvalue weighted by Crippen LogP contribution is 2.46. The van der Waals surface area contributed by atoms with Gasteiger partial charge in [0, 0.05) is 19.3 Å². The lowest BCUT2D eigenvalue weighted by Gasteiger charge is -2.30. The van der Waals surface area contributed by atoms with Crippen LogP contribution in [0.2, 0.25) is 0 Å². The van der Waals surface area contributed by atoms with E-state index in [4.69, 9.17) is 4.74 Å². The van der Waals surface area contributed by atoms with E-state index < -0.39 is 0 Å². The van der Waals surface area contributed by atoms with Crippen molar-refractivity contribution < 1.29 is 9.53 Å². The van der Waals surface area contributed by atoms with Gasteiger partial charge >= 0.3 is 0 Å². The molecule has 2 saturated carbocycles. The molecule has 4 nitrogen and oxygen atoms in total. The Hall–Kier alpha value is -0.550. The van der Waals surface area contributed by atoms with E-state index in [9.17, 15) is 4.79 Å². The van der Waals surface area contributed by atoms with Crippen LogP contribution in [0.4, 0.5) is 0 Å². The van der Waals surface area contributed by atoms with Gasteiger partial charge in [0.15, 0.2) is 5.17 Å². The van der Waals surface area contributed by atoms with Gasteiger partial charge in [-0.3, -0.25) is 4.79 Å². The second kappa shape index (κ2) is 4.48. The molecule has 3 atom stereocenters. The minimum absolute atomic E-state index is 0.0615. The first kappa shape index (κ1) is 12.2. The fraction of sp³-hybridized carbons (Fsp3) is 0.857. The molecule has 19 heavy (non-hydrogen) atoms. The molecule has 3 unspecified atom stereocenters. The second-order valence-electron chi connectivity index (χ2n) is 6.36. The van der Waals surface area contributed by atoms with Crippen LogP contribution in [-0.2, 0) is 9.53 Å². The number of fused-ring (bicyclic) bond motifs is 2. The predicted molar refractivity (Wildman–Crippen MR) is 75.2 cm³/mol. The van der Waals surface area contributed by atoms with Crippen LogP contribution in [0.5, 0.6) is 0 Å². The fourth-order valence-corrected chi connectivity index (χ4v) is 5.32. The van der Waals surface area contributed by atoms with Crippen molar-refractivity contribution in [3.05, 3.63) is 0 Å². The summed E-state index contributed by atoms with van der Waals surface area (Å²) in [5.41, 5.74) is 0. The maximum atomic E-state index is 12.2. The number of thioether (sulfide) groups is 1. The largest absolute Gasteiger partial charge is 0.381 e. The molecular formula is C14H20N2O2S. The number of rotatable bonds is 1. The summed E-state index contributed by atoms with van der Waals surface area (Å²) in [4.78, 5) is 16.5. The molecule has 4 aliphatic rings. The van der Waals surface area contributed by atoms with Gasteiger partial charge in [0.25, 0.3) is 5.91 Å². The Morgan fingerprint density at radius 3 is 2.79 bits per heavy atom. The van der Waals surface area contributed by atoms with E-state index >= 15 is 0 Å². The molecule has 1 spiro atoms. The number of hydrogen-bond donors (Lipinski definition) is 1. The van der Waals surface area contributed by atoms with Crippen molar-refractivity contribution >= 4 is 22.8 Å². The molecule has 0 aromatic carbocycles. The average molecular weight is 280 g/mol. The maximum absolute atomic E-state index is 12.2. The molecule has 4 rings (SSSR count). The third-order valence-electron chi connectivity index (χ3n) is 5.23. The lowest BCUT2D eigenvalue weighted by atomic mass is 9.96. The molecule has 5 heteroatoms. The van der Waals surface area contributed by atoms with Crippen LogP contribution in [0.3, 0.4) is 0 Å². The highest BCUT2D eigenvalue weighted by molar-refractivity contribution is 8.16. The van der Waals surface area contributed by atoms with Gasteiger partial charge in [-0.15, -0.1) is 0 Å². The van der Waals surface area contributed by atoms with Gasteiger partial charge in [-0.05, 0) is 43.9 Å². The quantitative estimate of drug-likeness (QED) is 0.797. The van der Waals surface area contributed by atoms with Gasteiger partial charge in [-0.1, -0.05) is 18.2 Å². The fourth-order valence-electron chi connectivity index (χ4n) is 4.10. The van der Waals surface area contributed by atoms with E-state index in [1.165, 1.54) is 25.7 Å². The van der Waals surface area contributed by atoms with Gasteiger partial charge in [0.2, 0.25) is 0 Å². The summed E-state index contributed by atoms with van der Waals surface area (Å²) in [6.45, 7) is 1.38. The van der Waals surface area contributed by atoms with Gasteiger partial charge in [0.05, 0.1) is 0 Å². The van der Waals surface area contributed by atoms with Crippen LogP contribution < -0.4 is 5.32 Å². The van der Waals surface area contributed by atoms with E-state index in [-0.39, 0.29) is 10.7 Å². The highest BCUT2D eigenvalue weighted by atomic mass is 32.2. The molecule has 3 fully saturated rings. The summed E-state index contributed by atoms with van der Waals surface area (Å²) < 4.78 is 5.07. The van der Waals surface area contributed by atoms with E-state index in [1.54, 1.807) is 11.8 Å². The number of hydrogen-bond acceptors (Lipinski definition) is 4. The zero-order chi connectivity index (χ0) is 12.9. The van der Waals surface area contributed by atoms with Crippen LogP contribution in [0.15, 0.2) is 4.99 Å². The van der Waals surface area contributed by atoms with E-state index in [1.807, 2.05) is 0 Å². The minimum Gasteiger partial charge on any atom is -0.381 e. The highest BCUT2D eigenvalue weighted by Gasteiger charge is 2.48. The monoisotopic (exact) mass is 280 g/mol. The normalized spacial score (nSPS) is 39.9. The van der Waals surface area contributed by atoms with Gasteiger partial charge in [-0.2, -0.15) is 4.99 Å². The molecule has 2 heterocycles. The van der Waals surface area contributed by atoms with Crippen LogP contribution in [-0.4, -0.2) is 35.1 Å². The van der Waals surface area contributed by atoms with Crippen molar-refractivity contribution in [3.8, 4) is 0 Å². The molecule has 2 bridgehead atoms. The summed E-state index contributed by atoms with van der Waals surface area (Å²) in [5, 5.41) is 4.44. The van der Waals surface area contributed by atoms with Gasteiger partial charge < -0.3 is 10.1 Å². The van der Waals surface area contributed by atoms with Crippen LogP contribution >= 0.6 is 11.8 Å². The lowest BCUT2D eigenvalue weighted by molar-refractivity contribution is -0.122. The average Bonchev–Trinajstić information content (AvgIpc) is 3.08. The van der Waals surface area contributed by atoms with E-state index in [0.717, 1.165) is 29.8 Å². The number of aliphatic imine (C=N–C) groups is 1. The van der Waals surface area contributed by atoms with E-state index in [0.29, 0.717) is 19.3 Å². The van der Waals surface area contributed by atoms with Crippen molar-refractivity contribution in [2.75, 3.05) is 13.2 Å². The number of carbonyl (C=O) groups is 1. The summed E-state index contributed by atoms with van der Waals surface area (Å²) >= 11 is 1.67. The van der Waals surface area contributed by atoms with Crippen molar-refractivity contribution in [2.45, 2.75) is 49.3 Å². The molecule has 0 aromatic rings. The van der Waals surface area contributed by atoms with Gasteiger partial charge in [0.1, 0.15) is 4.75 Å². The summed E-state index contributed by atoms with van der Waals surface area (Å²) in [7, 11) is 0. The summed E-state index contributed by atoms with van der Waals surface area (Å²) in [5.74, 6) is 1.79. The van der Waals surface area contributed by atoms with Gasteiger partial charge in [-0.25, -0.2) is 0 Å². The SMILES string of the molecule is O=C1N=C(NC2CC3CCC2C3)SC12CCOCC2. The molecule has 104 valence electrons. The number of nitrogens with zero attached hydrogens (tertiary/aromatic N) is 1. The molecule has 2 aliphatic heterocycles. The summed E-state index contributed by atoms with van der Waals surface area (Å²) in [6.07, 6.45) is 7.02. The molecule has 2 aliphatic carbocycles. The van der Waals surface area contributed by atoms with E-state index in [2.05, 4.69) is 10.3 Å². The van der Waals surface area contributed by atoms with Crippen LogP contribution in [0.1, 0.15) is 38.5 Å². The van der Waals surface area contributed by atoms with Crippen molar-refractivity contribution in [1.29, 1.82) is 0 Å². The van der Waals surface area contributed by atoms with Crippen LogP contribution in [0, 0.1) is 11.8 Å². The first-order valence-corrected chi connectivity index (χ1v) is 8.23. The minimum atomic E-state index is -0.307. The number of ether oxygens (including phenoxy) is 1. The number of nitrogens with one attached hydrogen (secondary N) is 1. The first-order valence-electron chi connectivity index (χ1n) is 7.42. The number of amidine groups is 1. The molecule has 1 N–H and O–H groups in total.